The summed E-state index contributed by atoms with van der Waals surface area (Å²) in [7, 11) is 0. The minimum Gasteiger partial charge on any atom is -0.286 e. The fourth-order valence-electron chi connectivity index (χ4n) is 0.349. The maximum atomic E-state index is 9.64. The summed E-state index contributed by atoms with van der Waals surface area (Å²) in [5.74, 6) is 0.208. The van der Waals surface area contributed by atoms with Gasteiger partial charge in [0.05, 0.1) is 0 Å². The molecular weight excluding hydrogens is 120 g/mol. The zero-order valence-corrected chi connectivity index (χ0v) is 4.40. The van der Waals surface area contributed by atoms with E-state index in [1.165, 1.54) is 19.1 Å². The summed E-state index contributed by atoms with van der Waals surface area (Å²) in [6.07, 6.45) is 4.00. The predicted molar refractivity (Wildman–Crippen MR) is 29.1 cm³/mol. The molecule has 1 aromatic rings. The number of hydrogen-bond acceptors (Lipinski definition) is 4. The van der Waals surface area contributed by atoms with Crippen LogP contribution in [-0.4, -0.2) is 21.4 Å². The molecule has 0 saturated carbocycles. The Bertz CT molecular complexity index is 187. The highest BCUT2D eigenvalue weighted by molar-refractivity contribution is 5.66. The molecular formula is C4H3N4O. The molecule has 1 N–H and O–H groups in total. The van der Waals surface area contributed by atoms with E-state index >= 15 is 0 Å². The molecule has 45 valence electrons. The van der Waals surface area contributed by atoms with Gasteiger partial charge in [-0.05, 0) is 0 Å². The smallest absolute Gasteiger partial charge is 0.286 e. The van der Waals surface area contributed by atoms with Crippen molar-refractivity contribution < 1.29 is 4.79 Å². The van der Waals surface area contributed by atoms with E-state index in [2.05, 4.69) is 20.3 Å². The van der Waals surface area contributed by atoms with Gasteiger partial charge in [-0.15, -0.1) is 0 Å². The average Bonchev–Trinajstić information content (AvgIpc) is 1.91. The van der Waals surface area contributed by atoms with Crippen LogP contribution in [0.2, 0.25) is 0 Å². The van der Waals surface area contributed by atoms with Crippen LogP contribution in [-0.2, 0) is 4.79 Å². The van der Waals surface area contributed by atoms with Crippen molar-refractivity contribution >= 4 is 12.4 Å². The van der Waals surface area contributed by atoms with Gasteiger partial charge in [0.1, 0.15) is 12.7 Å². The fourth-order valence-corrected chi connectivity index (χ4v) is 0.349. The number of anilines is 1. The molecule has 0 bridgehead atoms. The van der Waals surface area contributed by atoms with E-state index in [1.54, 1.807) is 0 Å². The summed E-state index contributed by atoms with van der Waals surface area (Å²) >= 11 is 0. The van der Waals surface area contributed by atoms with Crippen LogP contribution < -0.4 is 5.32 Å². The lowest BCUT2D eigenvalue weighted by molar-refractivity contribution is 0.560. The van der Waals surface area contributed by atoms with Crippen molar-refractivity contribution in [1.29, 1.82) is 0 Å². The van der Waals surface area contributed by atoms with Crippen molar-refractivity contribution in [2.24, 2.45) is 0 Å². The van der Waals surface area contributed by atoms with Crippen LogP contribution in [0.4, 0.5) is 5.95 Å². The third-order valence-electron chi connectivity index (χ3n) is 0.656. The normalized spacial score (nSPS) is 8.44. The molecule has 1 rings (SSSR count). The average molecular weight is 123 g/mol. The number of carbonyl (C=O) groups excluding carboxylic acids is 1. The molecule has 0 unspecified atom stereocenters. The highest BCUT2D eigenvalue weighted by atomic mass is 16.1. The maximum Gasteiger partial charge on any atom is 0.316 e. The van der Waals surface area contributed by atoms with Crippen molar-refractivity contribution in [3.63, 3.8) is 0 Å². The second-order valence-electron chi connectivity index (χ2n) is 1.19. The van der Waals surface area contributed by atoms with E-state index < -0.39 is 0 Å². The third kappa shape index (κ3) is 1.45. The van der Waals surface area contributed by atoms with Crippen LogP contribution in [0.25, 0.3) is 0 Å². The zero-order valence-electron chi connectivity index (χ0n) is 4.40. The molecule has 0 aliphatic heterocycles. The van der Waals surface area contributed by atoms with Gasteiger partial charge in [0.15, 0.2) is 0 Å². The quantitative estimate of drug-likeness (QED) is 0.530. The predicted octanol–water partition coefficient (Wildman–Crippen LogP) is -0.649. The number of nitrogens with zero attached hydrogens (tertiary/aromatic N) is 3. The van der Waals surface area contributed by atoms with E-state index in [0.29, 0.717) is 0 Å². The second kappa shape index (κ2) is 2.71. The highest BCUT2D eigenvalue weighted by Gasteiger charge is 1.87. The van der Waals surface area contributed by atoms with E-state index in [-0.39, 0.29) is 5.95 Å². The molecule has 0 spiro atoms. The van der Waals surface area contributed by atoms with Crippen molar-refractivity contribution in [2.45, 2.75) is 0 Å². The Morgan fingerprint density at radius 1 is 1.44 bits per heavy atom. The topological polar surface area (TPSA) is 67.8 Å². The van der Waals surface area contributed by atoms with Crippen molar-refractivity contribution in [3.05, 3.63) is 12.7 Å². The van der Waals surface area contributed by atoms with E-state index in [4.69, 9.17) is 0 Å². The van der Waals surface area contributed by atoms with Gasteiger partial charge < -0.3 is 0 Å². The second-order valence-corrected chi connectivity index (χ2v) is 1.19. The first-order chi connectivity index (χ1) is 4.43. The number of amides is 1. The van der Waals surface area contributed by atoms with E-state index in [9.17, 15) is 4.79 Å². The van der Waals surface area contributed by atoms with Crippen LogP contribution in [0, 0.1) is 0 Å². The van der Waals surface area contributed by atoms with E-state index in [0.717, 1.165) is 0 Å². The number of rotatable bonds is 2. The molecule has 1 heterocycles. The summed E-state index contributed by atoms with van der Waals surface area (Å²) in [4.78, 5) is 20.3. The molecule has 0 fully saturated rings. The van der Waals surface area contributed by atoms with Gasteiger partial charge >= 0.3 is 6.41 Å². The minimum absolute atomic E-state index is 0.208. The van der Waals surface area contributed by atoms with Gasteiger partial charge in [0.25, 0.3) is 0 Å². The Hall–Kier alpha value is -1.52. The SMILES string of the molecule is O=[C]Nc1ncncn1. The van der Waals surface area contributed by atoms with Gasteiger partial charge in [-0.3, -0.25) is 10.1 Å². The molecule has 9 heavy (non-hydrogen) atoms. The molecule has 0 saturated heterocycles. The lowest BCUT2D eigenvalue weighted by Crippen LogP contribution is -1.98. The first-order valence-electron chi connectivity index (χ1n) is 2.18. The van der Waals surface area contributed by atoms with Crippen LogP contribution in [0.1, 0.15) is 0 Å². The number of hydrogen-bond donors (Lipinski definition) is 1. The molecule has 1 amide bonds. The molecule has 0 atom stereocenters. The molecule has 5 nitrogen and oxygen atoms in total. The summed E-state index contributed by atoms with van der Waals surface area (Å²) in [6, 6.07) is 0. The van der Waals surface area contributed by atoms with Gasteiger partial charge in [0, 0.05) is 0 Å². The molecule has 5 heteroatoms. The number of nitrogens with one attached hydrogen (secondary N) is 1. The van der Waals surface area contributed by atoms with Crippen LogP contribution in [0.5, 0.6) is 0 Å². The lowest BCUT2D eigenvalue weighted by Gasteiger charge is -1.88. The highest BCUT2D eigenvalue weighted by Crippen LogP contribution is 1.86. The summed E-state index contributed by atoms with van der Waals surface area (Å²) < 4.78 is 0. The standard InChI is InChI=1S/C4H3N4O/c9-3-8-4-6-1-5-2-7-4/h1-2H,(H,5,6,7,8,9). The van der Waals surface area contributed by atoms with Gasteiger partial charge in [-0.25, -0.2) is 15.0 Å². The molecule has 0 aromatic carbocycles. The first kappa shape index (κ1) is 5.61. The van der Waals surface area contributed by atoms with Crippen molar-refractivity contribution in [2.75, 3.05) is 5.32 Å². The fraction of sp³-hybridized carbons (Fsp3) is 0. The van der Waals surface area contributed by atoms with Crippen LogP contribution in [0.15, 0.2) is 12.7 Å². The minimum atomic E-state index is 0.208. The Morgan fingerprint density at radius 3 is 2.67 bits per heavy atom. The Balaban J connectivity index is 2.72. The molecule has 1 aromatic heterocycles. The Morgan fingerprint density at radius 2 is 2.11 bits per heavy atom. The number of aromatic nitrogens is 3. The van der Waals surface area contributed by atoms with E-state index in [1.807, 2.05) is 0 Å². The zero-order chi connectivity index (χ0) is 6.53. The van der Waals surface area contributed by atoms with Crippen molar-refractivity contribution in [3.8, 4) is 0 Å². The molecule has 1 radical (unpaired) electrons. The van der Waals surface area contributed by atoms with Gasteiger partial charge in [-0.2, -0.15) is 0 Å². The van der Waals surface area contributed by atoms with Crippen LogP contribution in [0.3, 0.4) is 0 Å². The maximum absolute atomic E-state index is 9.64. The summed E-state index contributed by atoms with van der Waals surface area (Å²) in [6.45, 7) is 0. The van der Waals surface area contributed by atoms with Crippen LogP contribution >= 0.6 is 0 Å². The Kier molecular flexibility index (Phi) is 1.69. The van der Waals surface area contributed by atoms with Gasteiger partial charge in [0.2, 0.25) is 5.95 Å². The van der Waals surface area contributed by atoms with Crippen molar-refractivity contribution in [1.82, 2.24) is 15.0 Å². The molecule has 0 aliphatic rings. The Labute approximate surface area is 51.2 Å². The summed E-state index contributed by atoms with van der Waals surface area (Å²) in [5, 5.41) is 2.14. The van der Waals surface area contributed by atoms with Gasteiger partial charge in [-0.1, -0.05) is 0 Å². The molecule has 0 aliphatic carbocycles. The lowest BCUT2D eigenvalue weighted by atomic mass is 10.9. The largest absolute Gasteiger partial charge is 0.316 e. The first-order valence-corrected chi connectivity index (χ1v) is 2.18. The third-order valence-corrected chi connectivity index (χ3v) is 0.656. The monoisotopic (exact) mass is 123 g/mol. The summed E-state index contributed by atoms with van der Waals surface area (Å²) in [5.41, 5.74) is 0.